The molecule has 2 heterocycles. The minimum atomic E-state index is -0.328. The molecule has 4 aromatic rings. The van der Waals surface area contributed by atoms with Crippen LogP contribution >= 0.6 is 11.3 Å². The highest BCUT2D eigenvalue weighted by atomic mass is 32.1. The molecule has 0 unspecified atom stereocenters. The third-order valence-electron chi connectivity index (χ3n) is 4.25. The number of halogens is 1. The molecule has 0 spiro atoms. The number of thiazole rings is 1. The molecule has 142 valence electrons. The van der Waals surface area contributed by atoms with Gasteiger partial charge in [0.05, 0.1) is 11.1 Å². The minimum Gasteiger partial charge on any atom is -0.493 e. The number of para-hydroxylation sites is 1. The first-order valence-electron chi connectivity index (χ1n) is 9.05. The maximum Gasteiger partial charge on any atom is 0.291 e. The molecular weight excluding hydrogens is 377 g/mol. The van der Waals surface area contributed by atoms with Crippen LogP contribution in [-0.2, 0) is 0 Å². The second-order valence-corrected chi connectivity index (χ2v) is 7.30. The van der Waals surface area contributed by atoms with Gasteiger partial charge in [0.1, 0.15) is 11.6 Å². The highest BCUT2D eigenvalue weighted by Gasteiger charge is 2.12. The number of fused-ring (bicyclic) bond motifs is 1. The van der Waals surface area contributed by atoms with E-state index in [1.165, 1.54) is 28.0 Å². The third-order valence-corrected chi connectivity index (χ3v) is 5.20. The van der Waals surface area contributed by atoms with Crippen LogP contribution in [0.15, 0.2) is 53.3 Å². The zero-order chi connectivity index (χ0) is 19.5. The molecule has 0 fully saturated rings. The monoisotopic (exact) mass is 395 g/mol. The predicted molar refractivity (Wildman–Crippen MR) is 108 cm³/mol. The van der Waals surface area contributed by atoms with Gasteiger partial charge in [-0.05, 0) is 42.8 Å². The van der Waals surface area contributed by atoms with Crippen LogP contribution < -0.4 is 14.8 Å². The molecule has 0 radical (unpaired) electrons. The van der Waals surface area contributed by atoms with Gasteiger partial charge in [0.15, 0.2) is 5.82 Å². The first-order chi connectivity index (χ1) is 13.7. The number of ether oxygens (including phenoxy) is 1. The maximum atomic E-state index is 13.1. The lowest BCUT2D eigenvalue weighted by atomic mass is 10.2. The quantitative estimate of drug-likeness (QED) is 0.467. The summed E-state index contributed by atoms with van der Waals surface area (Å²) in [6, 6.07) is 13.5. The summed E-state index contributed by atoms with van der Waals surface area (Å²) >= 11 is 1.27. The Kier molecular flexibility index (Phi) is 5.16. The van der Waals surface area contributed by atoms with Crippen molar-refractivity contribution in [3.8, 4) is 17.1 Å². The molecule has 5 nitrogen and oxygen atoms in total. The molecule has 0 atom stereocenters. The molecule has 0 saturated heterocycles. The number of nitrogens with zero attached hydrogens (tertiary/aromatic N) is 3. The van der Waals surface area contributed by atoms with E-state index in [1.54, 1.807) is 12.1 Å². The van der Waals surface area contributed by atoms with E-state index in [-0.39, 0.29) is 11.4 Å². The summed E-state index contributed by atoms with van der Waals surface area (Å²) in [6.45, 7) is 2.75. The van der Waals surface area contributed by atoms with Gasteiger partial charge in [0.25, 0.3) is 5.56 Å². The van der Waals surface area contributed by atoms with Gasteiger partial charge in [-0.15, -0.1) is 5.10 Å². The first kappa shape index (κ1) is 18.3. The number of rotatable bonds is 6. The zero-order valence-corrected chi connectivity index (χ0v) is 16.1. The molecule has 0 bridgehead atoms. The van der Waals surface area contributed by atoms with Gasteiger partial charge in [0.2, 0.25) is 4.96 Å². The van der Waals surface area contributed by atoms with E-state index in [1.807, 2.05) is 30.3 Å². The van der Waals surface area contributed by atoms with Crippen molar-refractivity contribution in [1.29, 1.82) is 0 Å². The smallest absolute Gasteiger partial charge is 0.291 e. The van der Waals surface area contributed by atoms with Crippen molar-refractivity contribution in [2.75, 3.05) is 6.61 Å². The summed E-state index contributed by atoms with van der Waals surface area (Å²) in [6.07, 6.45) is 3.84. The van der Waals surface area contributed by atoms with Crippen molar-refractivity contribution in [2.24, 2.45) is 0 Å². The van der Waals surface area contributed by atoms with Gasteiger partial charge >= 0.3 is 0 Å². The van der Waals surface area contributed by atoms with E-state index < -0.39 is 0 Å². The van der Waals surface area contributed by atoms with Crippen LogP contribution in [0.5, 0.6) is 5.75 Å². The molecule has 0 N–H and O–H groups in total. The van der Waals surface area contributed by atoms with Crippen molar-refractivity contribution in [1.82, 2.24) is 14.6 Å². The fraction of sp³-hybridized carbons (Fsp3) is 0.190. The molecule has 7 heteroatoms. The number of hydrogen-bond acceptors (Lipinski definition) is 5. The van der Waals surface area contributed by atoms with Gasteiger partial charge < -0.3 is 4.74 Å². The van der Waals surface area contributed by atoms with E-state index in [9.17, 15) is 9.18 Å². The zero-order valence-electron chi connectivity index (χ0n) is 15.3. The van der Waals surface area contributed by atoms with Crippen LogP contribution in [0.2, 0.25) is 0 Å². The predicted octanol–water partition coefficient (Wildman–Crippen LogP) is 3.68. The average Bonchev–Trinajstić information content (AvgIpc) is 3.24. The van der Waals surface area contributed by atoms with E-state index in [0.717, 1.165) is 24.2 Å². The largest absolute Gasteiger partial charge is 0.493 e. The minimum absolute atomic E-state index is 0.232. The van der Waals surface area contributed by atoms with E-state index in [0.29, 0.717) is 27.5 Å². The molecule has 0 aliphatic rings. The molecule has 0 saturated carbocycles. The van der Waals surface area contributed by atoms with Crippen molar-refractivity contribution in [2.45, 2.75) is 19.8 Å². The fourth-order valence-corrected chi connectivity index (χ4v) is 3.65. The van der Waals surface area contributed by atoms with Gasteiger partial charge in [-0.3, -0.25) is 4.79 Å². The molecule has 2 aromatic heterocycles. The number of benzene rings is 2. The van der Waals surface area contributed by atoms with E-state index in [2.05, 4.69) is 17.0 Å². The summed E-state index contributed by atoms with van der Waals surface area (Å²) in [4.78, 5) is 17.7. The highest BCUT2D eigenvalue weighted by Crippen LogP contribution is 2.20. The van der Waals surface area contributed by atoms with E-state index in [4.69, 9.17) is 4.74 Å². The summed E-state index contributed by atoms with van der Waals surface area (Å²) in [5, 5.41) is 4.29. The first-order valence-corrected chi connectivity index (χ1v) is 9.86. The van der Waals surface area contributed by atoms with Crippen LogP contribution in [0, 0.1) is 5.82 Å². The molecule has 0 amide bonds. The lowest BCUT2D eigenvalue weighted by Gasteiger charge is -2.07. The normalized spacial score (nSPS) is 12.0. The molecule has 4 rings (SSSR count). The summed E-state index contributed by atoms with van der Waals surface area (Å²) < 4.78 is 20.7. The van der Waals surface area contributed by atoms with Crippen LogP contribution in [0.3, 0.4) is 0 Å². The Bertz CT molecular complexity index is 1210. The van der Waals surface area contributed by atoms with Gasteiger partial charge in [-0.1, -0.05) is 42.9 Å². The van der Waals surface area contributed by atoms with Gasteiger partial charge in [-0.2, -0.15) is 9.50 Å². The second kappa shape index (κ2) is 7.90. The number of aromatic nitrogens is 3. The van der Waals surface area contributed by atoms with Gasteiger partial charge in [-0.25, -0.2) is 4.39 Å². The van der Waals surface area contributed by atoms with Crippen molar-refractivity contribution in [3.63, 3.8) is 0 Å². The number of unbranched alkanes of at least 4 members (excludes halogenated alkanes) is 1. The van der Waals surface area contributed by atoms with Gasteiger partial charge in [0, 0.05) is 11.1 Å². The average molecular weight is 395 g/mol. The SMILES string of the molecule is CCCCOc1ccccc1/C=c1\sc2nc(-c3ccc(F)cc3)nn2c1=O. The molecule has 0 aliphatic carbocycles. The Morgan fingerprint density at radius 2 is 1.96 bits per heavy atom. The maximum absolute atomic E-state index is 13.1. The Hall–Kier alpha value is -3.06. The third kappa shape index (κ3) is 3.66. The summed E-state index contributed by atoms with van der Waals surface area (Å²) in [5.41, 5.74) is 1.28. The topological polar surface area (TPSA) is 56.5 Å². The lowest BCUT2D eigenvalue weighted by molar-refractivity contribution is 0.309. The van der Waals surface area contributed by atoms with Crippen molar-refractivity contribution >= 4 is 22.4 Å². The Labute approximate surface area is 164 Å². The van der Waals surface area contributed by atoms with Crippen molar-refractivity contribution < 1.29 is 9.13 Å². The lowest BCUT2D eigenvalue weighted by Crippen LogP contribution is -2.23. The van der Waals surface area contributed by atoms with E-state index >= 15 is 0 Å². The Morgan fingerprint density at radius 1 is 1.18 bits per heavy atom. The second-order valence-electron chi connectivity index (χ2n) is 6.29. The summed E-state index contributed by atoms with van der Waals surface area (Å²) in [7, 11) is 0. The van der Waals surface area contributed by atoms with Crippen molar-refractivity contribution in [3.05, 3.63) is 74.8 Å². The molecule has 0 aliphatic heterocycles. The standard InChI is InChI=1S/C21H18FN3O2S/c1-2-3-12-27-17-7-5-4-6-15(17)13-18-20(26)25-21(28-18)23-19(24-25)14-8-10-16(22)11-9-14/h4-11,13H,2-3,12H2,1H3/b18-13-. The molecular formula is C21H18FN3O2S. The Balaban J connectivity index is 1.71. The Morgan fingerprint density at radius 3 is 2.71 bits per heavy atom. The van der Waals surface area contributed by atoms with Crippen LogP contribution in [-0.4, -0.2) is 21.2 Å². The van der Waals surface area contributed by atoms with Crippen LogP contribution in [0.25, 0.3) is 22.4 Å². The molecule has 28 heavy (non-hydrogen) atoms. The highest BCUT2D eigenvalue weighted by molar-refractivity contribution is 7.15. The van der Waals surface area contributed by atoms with Crippen LogP contribution in [0.1, 0.15) is 25.3 Å². The van der Waals surface area contributed by atoms with Crippen LogP contribution in [0.4, 0.5) is 4.39 Å². The number of hydrogen-bond donors (Lipinski definition) is 0. The summed E-state index contributed by atoms with van der Waals surface area (Å²) in [5.74, 6) is 0.825. The molecule has 2 aromatic carbocycles. The fourth-order valence-electron chi connectivity index (χ4n) is 2.75.